The van der Waals surface area contributed by atoms with Gasteiger partial charge in [0, 0.05) is 12.3 Å². The van der Waals surface area contributed by atoms with Gasteiger partial charge >= 0.3 is 0 Å². The van der Waals surface area contributed by atoms with Crippen LogP contribution in [0.4, 0.5) is 4.39 Å². The highest BCUT2D eigenvalue weighted by Gasteiger charge is 1.96. The van der Waals surface area contributed by atoms with Crippen LogP contribution >= 0.6 is 0 Å². The first-order valence-electron chi connectivity index (χ1n) is 6.07. The van der Waals surface area contributed by atoms with E-state index in [1.54, 1.807) is 6.07 Å². The van der Waals surface area contributed by atoms with Crippen molar-refractivity contribution in [3.8, 4) is 5.75 Å². The number of aromatic nitrogens is 1. The van der Waals surface area contributed by atoms with Gasteiger partial charge < -0.3 is 4.74 Å². The number of unbranched alkanes of at least 4 members (excludes halogenated alkanes) is 5. The van der Waals surface area contributed by atoms with Gasteiger partial charge in [-0.2, -0.15) is 4.39 Å². The Balaban J connectivity index is 2.03. The Morgan fingerprint density at radius 2 is 1.94 bits per heavy atom. The van der Waals surface area contributed by atoms with E-state index in [4.69, 9.17) is 4.74 Å². The van der Waals surface area contributed by atoms with Gasteiger partial charge in [-0.3, -0.25) is 0 Å². The molecule has 0 atom stereocenters. The molecule has 2 nitrogen and oxygen atoms in total. The van der Waals surface area contributed by atoms with Crippen LogP contribution in [0.2, 0.25) is 0 Å². The van der Waals surface area contributed by atoms with E-state index in [2.05, 4.69) is 11.9 Å². The van der Waals surface area contributed by atoms with Crippen molar-refractivity contribution in [1.29, 1.82) is 0 Å². The summed E-state index contributed by atoms with van der Waals surface area (Å²) < 4.78 is 18.1. The first-order valence-corrected chi connectivity index (χ1v) is 6.07. The summed E-state index contributed by atoms with van der Waals surface area (Å²) >= 11 is 0. The molecular weight excluding hydrogens is 205 g/mol. The average molecular weight is 225 g/mol. The van der Waals surface area contributed by atoms with Crippen LogP contribution in [0.5, 0.6) is 5.75 Å². The average Bonchev–Trinajstić information content (AvgIpc) is 2.28. The standard InChI is InChI=1S/C13H20FNO/c1-2-3-4-5-6-7-10-16-12-8-9-15-13(14)11-12/h8-9,11H,2-7,10H2,1H3. The van der Waals surface area contributed by atoms with Crippen LogP contribution in [0.1, 0.15) is 45.4 Å². The molecule has 90 valence electrons. The third-order valence-electron chi connectivity index (χ3n) is 2.46. The van der Waals surface area contributed by atoms with Crippen molar-refractivity contribution in [2.24, 2.45) is 0 Å². The second-order valence-electron chi connectivity index (χ2n) is 3.93. The van der Waals surface area contributed by atoms with Crippen LogP contribution in [0.15, 0.2) is 18.3 Å². The predicted octanol–water partition coefficient (Wildman–Crippen LogP) is 3.96. The van der Waals surface area contributed by atoms with Crippen molar-refractivity contribution < 1.29 is 9.13 Å². The van der Waals surface area contributed by atoms with Gasteiger partial charge in [0.2, 0.25) is 5.95 Å². The van der Waals surface area contributed by atoms with Gasteiger partial charge in [0.1, 0.15) is 5.75 Å². The lowest BCUT2D eigenvalue weighted by atomic mass is 10.1. The van der Waals surface area contributed by atoms with Crippen LogP contribution in [0.25, 0.3) is 0 Å². The van der Waals surface area contributed by atoms with Crippen molar-refractivity contribution in [2.75, 3.05) is 6.61 Å². The monoisotopic (exact) mass is 225 g/mol. The minimum Gasteiger partial charge on any atom is -0.493 e. The maximum Gasteiger partial charge on any atom is 0.216 e. The topological polar surface area (TPSA) is 22.1 Å². The lowest BCUT2D eigenvalue weighted by Gasteiger charge is -2.05. The molecule has 0 fully saturated rings. The minimum atomic E-state index is -0.486. The van der Waals surface area contributed by atoms with Gasteiger partial charge in [-0.15, -0.1) is 0 Å². The molecule has 0 amide bonds. The fourth-order valence-electron chi connectivity index (χ4n) is 1.55. The zero-order valence-corrected chi connectivity index (χ0v) is 9.92. The highest BCUT2D eigenvalue weighted by Crippen LogP contribution is 2.11. The lowest BCUT2D eigenvalue weighted by molar-refractivity contribution is 0.302. The maximum absolute atomic E-state index is 12.7. The quantitative estimate of drug-likeness (QED) is 0.493. The van der Waals surface area contributed by atoms with Crippen molar-refractivity contribution in [3.05, 3.63) is 24.3 Å². The second kappa shape index (κ2) is 8.08. The van der Waals surface area contributed by atoms with E-state index in [1.807, 2.05) is 0 Å². The number of rotatable bonds is 8. The first kappa shape index (κ1) is 12.9. The van der Waals surface area contributed by atoms with Gasteiger partial charge in [-0.05, 0) is 12.5 Å². The molecule has 0 aliphatic rings. The SMILES string of the molecule is CCCCCCCCOc1ccnc(F)c1. The van der Waals surface area contributed by atoms with Crippen molar-refractivity contribution in [1.82, 2.24) is 4.98 Å². The van der Waals surface area contributed by atoms with Crippen LogP contribution in [-0.2, 0) is 0 Å². The van der Waals surface area contributed by atoms with E-state index in [-0.39, 0.29) is 0 Å². The predicted molar refractivity (Wildman–Crippen MR) is 63.1 cm³/mol. The second-order valence-corrected chi connectivity index (χ2v) is 3.93. The molecule has 1 aromatic heterocycles. The van der Waals surface area contributed by atoms with Crippen LogP contribution in [0.3, 0.4) is 0 Å². The molecule has 0 bridgehead atoms. The fraction of sp³-hybridized carbons (Fsp3) is 0.615. The molecule has 1 heterocycles. The summed E-state index contributed by atoms with van der Waals surface area (Å²) in [6, 6.07) is 3.00. The van der Waals surface area contributed by atoms with Crippen molar-refractivity contribution >= 4 is 0 Å². The Bertz CT molecular complexity index is 291. The molecule has 0 aromatic carbocycles. The largest absolute Gasteiger partial charge is 0.493 e. The van der Waals surface area contributed by atoms with Gasteiger partial charge in [-0.1, -0.05) is 39.0 Å². The molecule has 0 aliphatic carbocycles. The van der Waals surface area contributed by atoms with Gasteiger partial charge in [0.25, 0.3) is 0 Å². The van der Waals surface area contributed by atoms with E-state index in [0.717, 1.165) is 6.42 Å². The number of hydrogen-bond donors (Lipinski definition) is 0. The summed E-state index contributed by atoms with van der Waals surface area (Å²) in [6.45, 7) is 2.87. The molecule has 0 spiro atoms. The molecule has 3 heteroatoms. The number of nitrogens with zero attached hydrogens (tertiary/aromatic N) is 1. The van der Waals surface area contributed by atoms with Gasteiger partial charge in [0.05, 0.1) is 6.61 Å². The molecule has 1 rings (SSSR count). The molecule has 0 N–H and O–H groups in total. The smallest absolute Gasteiger partial charge is 0.216 e. The molecule has 0 aliphatic heterocycles. The molecule has 16 heavy (non-hydrogen) atoms. The Labute approximate surface area is 96.8 Å². The molecule has 0 saturated heterocycles. The summed E-state index contributed by atoms with van der Waals surface area (Å²) in [5.74, 6) is 0.0847. The first-order chi connectivity index (χ1) is 7.83. The Morgan fingerprint density at radius 1 is 1.19 bits per heavy atom. The van der Waals surface area contributed by atoms with E-state index in [1.165, 1.54) is 44.4 Å². The van der Waals surface area contributed by atoms with E-state index >= 15 is 0 Å². The van der Waals surface area contributed by atoms with E-state index < -0.39 is 5.95 Å². The molecule has 0 saturated carbocycles. The van der Waals surface area contributed by atoms with Crippen LogP contribution in [-0.4, -0.2) is 11.6 Å². The highest BCUT2D eigenvalue weighted by molar-refractivity contribution is 5.17. The zero-order valence-electron chi connectivity index (χ0n) is 9.92. The van der Waals surface area contributed by atoms with Crippen molar-refractivity contribution in [2.45, 2.75) is 45.4 Å². The van der Waals surface area contributed by atoms with Crippen molar-refractivity contribution in [3.63, 3.8) is 0 Å². The molecule has 0 unspecified atom stereocenters. The zero-order chi connectivity index (χ0) is 11.6. The van der Waals surface area contributed by atoms with E-state index in [0.29, 0.717) is 12.4 Å². The molecular formula is C13H20FNO. The Hall–Kier alpha value is -1.12. The minimum absolute atomic E-state index is 0.486. The summed E-state index contributed by atoms with van der Waals surface area (Å²) in [5.41, 5.74) is 0. The van der Waals surface area contributed by atoms with Crippen LogP contribution < -0.4 is 4.74 Å². The molecule has 1 aromatic rings. The third kappa shape index (κ3) is 5.69. The fourth-order valence-corrected chi connectivity index (χ4v) is 1.55. The number of halogens is 1. The number of ether oxygens (including phenoxy) is 1. The third-order valence-corrected chi connectivity index (χ3v) is 2.46. The summed E-state index contributed by atoms with van der Waals surface area (Å²) in [6.07, 6.45) is 8.80. The van der Waals surface area contributed by atoms with Gasteiger partial charge in [-0.25, -0.2) is 4.98 Å². The normalized spacial score (nSPS) is 10.4. The summed E-state index contributed by atoms with van der Waals surface area (Å²) in [5, 5.41) is 0. The highest BCUT2D eigenvalue weighted by atomic mass is 19.1. The lowest BCUT2D eigenvalue weighted by Crippen LogP contribution is -1.98. The van der Waals surface area contributed by atoms with Crippen LogP contribution in [0, 0.1) is 5.95 Å². The summed E-state index contributed by atoms with van der Waals surface area (Å²) in [7, 11) is 0. The Morgan fingerprint density at radius 3 is 2.69 bits per heavy atom. The van der Waals surface area contributed by atoms with E-state index in [9.17, 15) is 4.39 Å². The summed E-state index contributed by atoms with van der Waals surface area (Å²) in [4.78, 5) is 3.47. The van der Waals surface area contributed by atoms with Gasteiger partial charge in [0.15, 0.2) is 0 Å². The maximum atomic E-state index is 12.7. The molecule has 0 radical (unpaired) electrons. The number of hydrogen-bond acceptors (Lipinski definition) is 2. The number of pyridine rings is 1. The Kier molecular flexibility index (Phi) is 6.54.